The molecule has 2 aromatic rings. The second kappa shape index (κ2) is 6.43. The van der Waals surface area contributed by atoms with Crippen LogP contribution in [-0.4, -0.2) is 15.0 Å². The van der Waals surface area contributed by atoms with Crippen molar-refractivity contribution in [2.24, 2.45) is 0 Å². The van der Waals surface area contributed by atoms with Crippen molar-refractivity contribution < 1.29 is 4.79 Å². The number of allylic oxidation sites excluding steroid dienone is 1. The summed E-state index contributed by atoms with van der Waals surface area (Å²) in [5, 5.41) is 3.11. The van der Waals surface area contributed by atoms with Crippen molar-refractivity contribution >= 4 is 22.5 Å². The smallest absolute Gasteiger partial charge is 0.322 e. The Morgan fingerprint density at radius 1 is 1.18 bits per heavy atom. The highest BCUT2D eigenvalue weighted by molar-refractivity contribution is 6.00. The highest BCUT2D eigenvalue weighted by Gasteiger charge is 2.12. The Labute approximate surface area is 127 Å². The van der Waals surface area contributed by atoms with Crippen LogP contribution in [0.4, 0.5) is 5.69 Å². The van der Waals surface area contributed by atoms with Gasteiger partial charge in [0, 0.05) is 18.8 Å². The number of nitrogens with zero attached hydrogens (tertiary/aromatic N) is 2. The molecule has 0 saturated heterocycles. The molecular formula is C16H19N3O3. The summed E-state index contributed by atoms with van der Waals surface area (Å²) in [7, 11) is 0. The van der Waals surface area contributed by atoms with Gasteiger partial charge >= 0.3 is 5.69 Å². The Morgan fingerprint density at radius 2 is 1.86 bits per heavy atom. The molecule has 0 aliphatic carbocycles. The second-order valence-electron chi connectivity index (χ2n) is 4.80. The summed E-state index contributed by atoms with van der Waals surface area (Å²) in [6.07, 6.45) is 3.04. The normalized spacial score (nSPS) is 11.2. The number of amides is 1. The number of hydrogen-bond acceptors (Lipinski definition) is 3. The molecule has 0 saturated carbocycles. The number of carbonyl (C=O) groups excluding carboxylic acids is 1. The number of carbonyl (C=O) groups is 1. The third-order valence-corrected chi connectivity index (χ3v) is 3.44. The highest BCUT2D eigenvalue weighted by Crippen LogP contribution is 2.15. The predicted molar refractivity (Wildman–Crippen MR) is 87.3 cm³/mol. The van der Waals surface area contributed by atoms with Gasteiger partial charge in [-0.15, -0.1) is 0 Å². The first-order valence-corrected chi connectivity index (χ1v) is 7.24. The maximum atomic E-state index is 12.4. The molecule has 1 amide bonds. The molecule has 1 heterocycles. The summed E-state index contributed by atoms with van der Waals surface area (Å²) in [4.78, 5) is 36.3. The number of hydrogen-bond donors (Lipinski definition) is 1. The lowest BCUT2D eigenvalue weighted by Crippen LogP contribution is -2.39. The van der Waals surface area contributed by atoms with E-state index in [0.717, 1.165) is 0 Å². The minimum Gasteiger partial charge on any atom is -0.322 e. The van der Waals surface area contributed by atoms with Crippen molar-refractivity contribution in [3.8, 4) is 0 Å². The van der Waals surface area contributed by atoms with Gasteiger partial charge in [-0.2, -0.15) is 0 Å². The quantitative estimate of drug-likeness (QED) is 0.874. The van der Waals surface area contributed by atoms with Gasteiger partial charge in [-0.25, -0.2) is 4.79 Å². The van der Waals surface area contributed by atoms with E-state index in [9.17, 15) is 14.4 Å². The van der Waals surface area contributed by atoms with Gasteiger partial charge in [0.05, 0.1) is 10.9 Å². The van der Waals surface area contributed by atoms with Crippen molar-refractivity contribution in [2.45, 2.75) is 33.9 Å². The Morgan fingerprint density at radius 3 is 2.45 bits per heavy atom. The third kappa shape index (κ3) is 2.72. The molecule has 0 aliphatic rings. The van der Waals surface area contributed by atoms with E-state index in [4.69, 9.17) is 0 Å². The molecule has 1 aromatic carbocycles. The molecule has 0 radical (unpaired) electrons. The number of rotatable bonds is 4. The highest BCUT2D eigenvalue weighted by atomic mass is 16.2. The summed E-state index contributed by atoms with van der Waals surface area (Å²) in [6, 6.07) is 4.98. The van der Waals surface area contributed by atoms with Gasteiger partial charge in [0.1, 0.15) is 0 Å². The molecule has 0 atom stereocenters. The largest absolute Gasteiger partial charge is 0.331 e. The number of aromatic nitrogens is 2. The van der Waals surface area contributed by atoms with Crippen LogP contribution in [0.15, 0.2) is 39.9 Å². The van der Waals surface area contributed by atoms with Crippen LogP contribution in [0.5, 0.6) is 0 Å². The standard InChI is InChI=1S/C16H19N3O3/c1-4-7-14(20)17-11-8-9-13-12(10-11)15(21)19(6-3)16(22)18(13)5-2/h4,7-10H,5-6H2,1-3H3,(H,17,20). The molecule has 1 N–H and O–H groups in total. The molecule has 0 unspecified atom stereocenters. The van der Waals surface area contributed by atoms with Crippen LogP contribution in [-0.2, 0) is 17.9 Å². The lowest BCUT2D eigenvalue weighted by molar-refractivity contribution is -0.111. The lowest BCUT2D eigenvalue weighted by atomic mass is 10.2. The first-order valence-electron chi connectivity index (χ1n) is 7.24. The van der Waals surface area contributed by atoms with Crippen LogP contribution in [0.3, 0.4) is 0 Å². The minimum atomic E-state index is -0.339. The van der Waals surface area contributed by atoms with Crippen LogP contribution in [0.1, 0.15) is 20.8 Å². The van der Waals surface area contributed by atoms with Crippen molar-refractivity contribution in [3.05, 3.63) is 51.2 Å². The van der Waals surface area contributed by atoms with Crippen LogP contribution >= 0.6 is 0 Å². The van der Waals surface area contributed by atoms with Crippen LogP contribution in [0, 0.1) is 0 Å². The van der Waals surface area contributed by atoms with E-state index in [1.807, 2.05) is 6.92 Å². The lowest BCUT2D eigenvalue weighted by Gasteiger charge is -2.12. The summed E-state index contributed by atoms with van der Waals surface area (Å²) in [6.45, 7) is 6.14. The van der Waals surface area contributed by atoms with Crippen molar-refractivity contribution in [3.63, 3.8) is 0 Å². The monoisotopic (exact) mass is 301 g/mol. The number of anilines is 1. The number of fused-ring (bicyclic) bond motifs is 1. The van der Waals surface area contributed by atoms with E-state index in [2.05, 4.69) is 5.32 Å². The Hall–Kier alpha value is -2.63. The zero-order valence-electron chi connectivity index (χ0n) is 12.9. The summed E-state index contributed by atoms with van der Waals surface area (Å²) in [5.74, 6) is -0.263. The fourth-order valence-electron chi connectivity index (χ4n) is 2.42. The minimum absolute atomic E-state index is 0.263. The average molecular weight is 301 g/mol. The Bertz CT molecular complexity index is 859. The molecule has 0 spiro atoms. The zero-order chi connectivity index (χ0) is 16.3. The van der Waals surface area contributed by atoms with E-state index in [0.29, 0.717) is 29.7 Å². The van der Waals surface area contributed by atoms with Crippen LogP contribution in [0.25, 0.3) is 10.9 Å². The van der Waals surface area contributed by atoms with Gasteiger partial charge in [0.2, 0.25) is 5.91 Å². The Kier molecular flexibility index (Phi) is 4.60. The number of benzene rings is 1. The van der Waals surface area contributed by atoms with Crippen LogP contribution < -0.4 is 16.6 Å². The predicted octanol–water partition coefficient (Wildman–Crippen LogP) is 1.72. The van der Waals surface area contributed by atoms with Crippen molar-refractivity contribution in [2.75, 3.05) is 5.32 Å². The van der Waals surface area contributed by atoms with E-state index in [1.54, 1.807) is 42.7 Å². The zero-order valence-corrected chi connectivity index (χ0v) is 12.9. The molecule has 2 rings (SSSR count). The van der Waals surface area contributed by atoms with Gasteiger partial charge in [-0.3, -0.25) is 18.7 Å². The summed E-state index contributed by atoms with van der Waals surface area (Å²) in [5.41, 5.74) is 0.449. The van der Waals surface area contributed by atoms with E-state index in [-0.39, 0.29) is 17.2 Å². The van der Waals surface area contributed by atoms with Gasteiger partial charge in [0.15, 0.2) is 0 Å². The third-order valence-electron chi connectivity index (χ3n) is 3.44. The maximum Gasteiger partial charge on any atom is 0.331 e. The first-order chi connectivity index (χ1) is 10.5. The van der Waals surface area contributed by atoms with Gasteiger partial charge in [-0.1, -0.05) is 6.08 Å². The molecule has 0 bridgehead atoms. The first kappa shape index (κ1) is 15.8. The van der Waals surface area contributed by atoms with Crippen molar-refractivity contribution in [1.29, 1.82) is 0 Å². The van der Waals surface area contributed by atoms with E-state index in [1.165, 1.54) is 10.6 Å². The van der Waals surface area contributed by atoms with E-state index >= 15 is 0 Å². The molecule has 1 aromatic heterocycles. The van der Waals surface area contributed by atoms with Gasteiger partial charge in [0.25, 0.3) is 5.56 Å². The van der Waals surface area contributed by atoms with Crippen LogP contribution in [0.2, 0.25) is 0 Å². The molecule has 0 fully saturated rings. The molecule has 6 nitrogen and oxygen atoms in total. The molecule has 22 heavy (non-hydrogen) atoms. The Balaban J connectivity index is 2.69. The molecule has 6 heteroatoms. The molecule has 0 aliphatic heterocycles. The number of aryl methyl sites for hydroxylation is 1. The average Bonchev–Trinajstić information content (AvgIpc) is 2.49. The van der Waals surface area contributed by atoms with E-state index < -0.39 is 0 Å². The number of nitrogens with one attached hydrogen (secondary N) is 1. The topological polar surface area (TPSA) is 73.1 Å². The SMILES string of the molecule is CC=CC(=O)Nc1ccc2c(c1)c(=O)n(CC)c(=O)n2CC. The second-order valence-corrected chi connectivity index (χ2v) is 4.80. The molecular weight excluding hydrogens is 282 g/mol. The molecule has 116 valence electrons. The summed E-state index contributed by atoms with van der Waals surface area (Å²) >= 11 is 0. The summed E-state index contributed by atoms with van der Waals surface area (Å²) < 4.78 is 2.75. The fraction of sp³-hybridized carbons (Fsp3) is 0.312. The fourth-order valence-corrected chi connectivity index (χ4v) is 2.42. The van der Waals surface area contributed by atoms with Gasteiger partial charge in [-0.05, 0) is 45.0 Å². The van der Waals surface area contributed by atoms with Crippen molar-refractivity contribution in [1.82, 2.24) is 9.13 Å². The van der Waals surface area contributed by atoms with Gasteiger partial charge < -0.3 is 5.32 Å². The maximum absolute atomic E-state index is 12.4.